The second-order valence-electron chi connectivity index (χ2n) is 9.59. The van der Waals surface area contributed by atoms with Crippen LogP contribution >= 0.6 is 38.5 Å². The molecule has 0 N–H and O–H groups in total. The SMILES string of the molecule is C=Cc1nn(C2CCCCO2)c2ccc(-c3cnn(C)c3OCCN(C)C(=O)Cc3c(I)c(Br)nn3C)cc12. The normalized spacial score (nSPS) is 15.6. The summed E-state index contributed by atoms with van der Waals surface area (Å²) in [5, 5.41) is 14.6. The summed E-state index contributed by atoms with van der Waals surface area (Å²) >= 11 is 5.62. The van der Waals surface area contributed by atoms with Crippen LogP contribution in [-0.2, 0) is 30.0 Å². The molecule has 3 aromatic heterocycles. The molecule has 1 atom stereocenters. The van der Waals surface area contributed by atoms with Crippen molar-refractivity contribution in [1.29, 1.82) is 0 Å². The van der Waals surface area contributed by atoms with Gasteiger partial charge in [0.15, 0.2) is 6.23 Å². The third kappa shape index (κ3) is 5.64. The van der Waals surface area contributed by atoms with Gasteiger partial charge in [0.2, 0.25) is 11.8 Å². The Hall–Kier alpha value is -2.71. The molecule has 5 rings (SSSR count). The largest absolute Gasteiger partial charge is 0.476 e. The molecule has 1 fully saturated rings. The van der Waals surface area contributed by atoms with Crippen LogP contribution in [0.5, 0.6) is 5.88 Å². The van der Waals surface area contributed by atoms with Crippen molar-refractivity contribution in [3.63, 3.8) is 0 Å². The molecule has 10 nitrogen and oxygen atoms in total. The van der Waals surface area contributed by atoms with E-state index in [0.29, 0.717) is 19.0 Å². The first-order valence-corrected chi connectivity index (χ1v) is 14.7. The lowest BCUT2D eigenvalue weighted by Gasteiger charge is -2.23. The first-order valence-electron chi connectivity index (χ1n) is 12.8. The molecular weight excluding hydrogens is 677 g/mol. The third-order valence-corrected chi connectivity index (χ3v) is 9.45. The van der Waals surface area contributed by atoms with Crippen LogP contribution in [0.2, 0.25) is 0 Å². The van der Waals surface area contributed by atoms with Gasteiger partial charge in [-0.05, 0) is 81.6 Å². The van der Waals surface area contributed by atoms with E-state index in [-0.39, 0.29) is 18.6 Å². The van der Waals surface area contributed by atoms with Gasteiger partial charge in [-0.15, -0.1) is 0 Å². The molecule has 1 aliphatic heterocycles. The Bertz CT molecular complexity index is 1520. The molecule has 1 saturated heterocycles. The molecule has 1 unspecified atom stereocenters. The quantitative estimate of drug-likeness (QED) is 0.229. The molecular formula is C27H31BrIN7O3. The van der Waals surface area contributed by atoms with E-state index >= 15 is 0 Å². The molecule has 39 heavy (non-hydrogen) atoms. The number of halogens is 2. The number of aryl methyl sites for hydroxylation is 2. The van der Waals surface area contributed by atoms with Gasteiger partial charge in [0.25, 0.3) is 0 Å². The highest BCUT2D eigenvalue weighted by Gasteiger charge is 2.22. The molecule has 0 bridgehead atoms. The van der Waals surface area contributed by atoms with E-state index in [1.807, 2.05) is 18.8 Å². The van der Waals surface area contributed by atoms with Gasteiger partial charge in [-0.1, -0.05) is 12.6 Å². The maximum atomic E-state index is 12.8. The van der Waals surface area contributed by atoms with Gasteiger partial charge in [-0.25, -0.2) is 9.36 Å². The number of ether oxygens (including phenoxy) is 2. The highest BCUT2D eigenvalue weighted by molar-refractivity contribution is 14.1. The van der Waals surface area contributed by atoms with Gasteiger partial charge in [0.1, 0.15) is 11.2 Å². The van der Waals surface area contributed by atoms with Crippen LogP contribution in [0, 0.1) is 3.57 Å². The van der Waals surface area contributed by atoms with Crippen LogP contribution in [0.25, 0.3) is 28.1 Å². The van der Waals surface area contributed by atoms with Crippen LogP contribution < -0.4 is 4.74 Å². The average Bonchev–Trinajstić information content (AvgIpc) is 3.57. The first kappa shape index (κ1) is 27.8. The number of aromatic nitrogens is 6. The summed E-state index contributed by atoms with van der Waals surface area (Å²) in [5.41, 5.74) is 4.56. The maximum Gasteiger partial charge on any atom is 0.228 e. The molecule has 1 amide bonds. The average molecular weight is 708 g/mol. The van der Waals surface area contributed by atoms with Gasteiger partial charge < -0.3 is 14.4 Å². The summed E-state index contributed by atoms with van der Waals surface area (Å²) in [6, 6.07) is 6.24. The topological polar surface area (TPSA) is 92.2 Å². The lowest BCUT2D eigenvalue weighted by atomic mass is 10.1. The van der Waals surface area contributed by atoms with Crippen LogP contribution in [0.15, 0.2) is 35.6 Å². The van der Waals surface area contributed by atoms with Crippen molar-refractivity contribution < 1.29 is 14.3 Å². The number of likely N-dealkylation sites (N-methyl/N-ethyl adjacent to an activating group) is 1. The van der Waals surface area contributed by atoms with Crippen LogP contribution in [0.4, 0.5) is 0 Å². The number of nitrogens with zero attached hydrogens (tertiary/aromatic N) is 7. The molecule has 1 aliphatic rings. The summed E-state index contributed by atoms with van der Waals surface area (Å²) in [6.07, 6.45) is 6.97. The van der Waals surface area contributed by atoms with Crippen molar-refractivity contribution in [2.24, 2.45) is 14.1 Å². The smallest absolute Gasteiger partial charge is 0.228 e. The summed E-state index contributed by atoms with van der Waals surface area (Å²) in [7, 11) is 5.47. The summed E-state index contributed by atoms with van der Waals surface area (Å²) in [6.45, 7) is 5.50. The first-order chi connectivity index (χ1) is 18.8. The van der Waals surface area contributed by atoms with Crippen molar-refractivity contribution >= 4 is 61.4 Å². The van der Waals surface area contributed by atoms with E-state index in [9.17, 15) is 4.79 Å². The fourth-order valence-electron chi connectivity index (χ4n) is 4.79. The third-order valence-electron chi connectivity index (χ3n) is 7.02. The highest BCUT2D eigenvalue weighted by Crippen LogP contribution is 2.35. The molecule has 206 valence electrons. The van der Waals surface area contributed by atoms with Crippen molar-refractivity contribution in [2.75, 3.05) is 26.8 Å². The minimum Gasteiger partial charge on any atom is -0.476 e. The van der Waals surface area contributed by atoms with E-state index in [1.54, 1.807) is 33.6 Å². The molecule has 1 aromatic carbocycles. The minimum absolute atomic E-state index is 0.00129. The Labute approximate surface area is 249 Å². The lowest BCUT2D eigenvalue weighted by molar-refractivity contribution is -0.129. The van der Waals surface area contributed by atoms with E-state index in [4.69, 9.17) is 14.6 Å². The second kappa shape index (κ2) is 11.8. The summed E-state index contributed by atoms with van der Waals surface area (Å²) in [5.74, 6) is 0.641. The van der Waals surface area contributed by atoms with Crippen molar-refractivity contribution in [2.45, 2.75) is 31.9 Å². The lowest BCUT2D eigenvalue weighted by Crippen LogP contribution is -2.32. The Morgan fingerprint density at radius 1 is 1.31 bits per heavy atom. The number of benzene rings is 1. The van der Waals surface area contributed by atoms with E-state index < -0.39 is 0 Å². The Morgan fingerprint density at radius 2 is 2.13 bits per heavy atom. The number of hydrogen-bond donors (Lipinski definition) is 0. The number of fused-ring (bicyclic) bond motifs is 1. The second-order valence-corrected chi connectivity index (χ2v) is 11.4. The van der Waals surface area contributed by atoms with E-state index in [1.165, 1.54) is 0 Å². The highest BCUT2D eigenvalue weighted by atomic mass is 127. The van der Waals surface area contributed by atoms with Gasteiger partial charge in [-0.2, -0.15) is 15.3 Å². The van der Waals surface area contributed by atoms with Crippen LogP contribution in [0.1, 0.15) is 36.9 Å². The monoisotopic (exact) mass is 707 g/mol. The number of hydrogen-bond acceptors (Lipinski definition) is 6. The Kier molecular flexibility index (Phi) is 8.43. The minimum atomic E-state index is -0.0549. The standard InChI is InChI=1S/C27H31BrIN7O3/c1-5-20-18-14-17(9-10-21(18)36(31-20)24-8-6-7-12-38-24)19-16-30-35(4)27(19)39-13-11-33(2)23(37)15-22-25(29)26(28)32-34(22)3/h5,9-10,14,16,24H,1,6-8,11-13,15H2,2-4H3. The molecule has 0 radical (unpaired) electrons. The zero-order valence-corrected chi connectivity index (χ0v) is 26.0. The summed E-state index contributed by atoms with van der Waals surface area (Å²) < 4.78 is 19.3. The Morgan fingerprint density at radius 3 is 2.82 bits per heavy atom. The predicted octanol–water partition coefficient (Wildman–Crippen LogP) is 4.96. The summed E-state index contributed by atoms with van der Waals surface area (Å²) in [4.78, 5) is 14.5. The maximum absolute atomic E-state index is 12.8. The number of rotatable bonds is 9. The van der Waals surface area contributed by atoms with E-state index in [0.717, 1.165) is 67.5 Å². The zero-order valence-electron chi connectivity index (χ0n) is 22.2. The fourth-order valence-corrected chi connectivity index (χ4v) is 5.90. The number of carbonyl (C=O) groups excluding carboxylic acids is 1. The predicted molar refractivity (Wildman–Crippen MR) is 161 cm³/mol. The van der Waals surface area contributed by atoms with Crippen LogP contribution in [0.3, 0.4) is 0 Å². The molecule has 12 heteroatoms. The molecule has 4 heterocycles. The van der Waals surface area contributed by atoms with Crippen LogP contribution in [-0.4, -0.2) is 67.0 Å². The van der Waals surface area contributed by atoms with Crippen molar-refractivity contribution in [1.82, 2.24) is 34.2 Å². The Balaban J connectivity index is 1.30. The van der Waals surface area contributed by atoms with Gasteiger partial charge in [0, 0.05) is 33.1 Å². The number of amides is 1. The molecule has 4 aromatic rings. The van der Waals surface area contributed by atoms with Crippen molar-refractivity contribution in [3.8, 4) is 17.0 Å². The van der Waals surface area contributed by atoms with Gasteiger partial charge in [-0.3, -0.25) is 9.48 Å². The van der Waals surface area contributed by atoms with Gasteiger partial charge >= 0.3 is 0 Å². The number of carbonyl (C=O) groups is 1. The molecule has 0 saturated carbocycles. The van der Waals surface area contributed by atoms with E-state index in [2.05, 4.69) is 73.5 Å². The molecule has 0 aliphatic carbocycles. The molecule has 0 spiro atoms. The zero-order chi connectivity index (χ0) is 27.7. The van der Waals surface area contributed by atoms with Gasteiger partial charge in [0.05, 0.1) is 45.2 Å². The van der Waals surface area contributed by atoms with Crippen molar-refractivity contribution in [3.05, 3.63) is 50.5 Å². The fraction of sp³-hybridized carbons (Fsp3) is 0.407.